The van der Waals surface area contributed by atoms with Crippen LogP contribution in [0.2, 0.25) is 0 Å². The van der Waals surface area contributed by atoms with Crippen LogP contribution in [0.3, 0.4) is 0 Å². The fourth-order valence-electron chi connectivity index (χ4n) is 1.17. The molecule has 1 aromatic rings. The third-order valence-electron chi connectivity index (χ3n) is 2.33. The summed E-state index contributed by atoms with van der Waals surface area (Å²) < 4.78 is 23.4. The monoisotopic (exact) mass is 292 g/mol. The standard InChI is InChI=1S/C10H13BrO3S/c1-7(15(2,13)14)10(12)8-3-5-9(11)6-4-8/h3-7,10,12H,1-2H3/t7-,10-/m0/s1. The van der Waals surface area contributed by atoms with E-state index in [4.69, 9.17) is 0 Å². The topological polar surface area (TPSA) is 54.4 Å². The van der Waals surface area contributed by atoms with Crippen molar-refractivity contribution in [3.8, 4) is 0 Å². The Morgan fingerprint density at radius 1 is 1.27 bits per heavy atom. The average Bonchev–Trinajstić information content (AvgIpc) is 2.15. The zero-order chi connectivity index (χ0) is 11.6. The van der Waals surface area contributed by atoms with E-state index in [-0.39, 0.29) is 0 Å². The van der Waals surface area contributed by atoms with Crippen molar-refractivity contribution in [3.05, 3.63) is 34.3 Å². The molecule has 5 heteroatoms. The van der Waals surface area contributed by atoms with Crippen LogP contribution in [-0.2, 0) is 9.84 Å². The Bertz CT molecular complexity index is 424. The zero-order valence-electron chi connectivity index (χ0n) is 8.51. The minimum atomic E-state index is -3.22. The van der Waals surface area contributed by atoms with Crippen LogP contribution in [0, 0.1) is 0 Å². The highest BCUT2D eigenvalue weighted by molar-refractivity contribution is 9.10. The molecule has 0 unspecified atom stereocenters. The van der Waals surface area contributed by atoms with Crippen molar-refractivity contribution < 1.29 is 13.5 Å². The smallest absolute Gasteiger partial charge is 0.152 e. The molecule has 84 valence electrons. The van der Waals surface area contributed by atoms with Gasteiger partial charge in [-0.2, -0.15) is 0 Å². The van der Waals surface area contributed by atoms with E-state index in [0.29, 0.717) is 5.56 Å². The highest BCUT2D eigenvalue weighted by atomic mass is 79.9. The predicted octanol–water partition coefficient (Wildman–Crippen LogP) is 1.92. The second-order valence-corrected chi connectivity index (χ2v) is 6.85. The molecule has 0 radical (unpaired) electrons. The summed E-state index contributed by atoms with van der Waals surface area (Å²) in [4.78, 5) is 0. The first-order valence-electron chi connectivity index (χ1n) is 4.45. The van der Waals surface area contributed by atoms with Crippen LogP contribution in [0.25, 0.3) is 0 Å². The molecule has 2 atom stereocenters. The molecule has 0 spiro atoms. The van der Waals surface area contributed by atoms with Crippen LogP contribution in [-0.4, -0.2) is 25.0 Å². The van der Waals surface area contributed by atoms with Crippen LogP contribution in [0.4, 0.5) is 0 Å². The van der Waals surface area contributed by atoms with Crippen molar-refractivity contribution in [1.82, 2.24) is 0 Å². The second-order valence-electron chi connectivity index (χ2n) is 3.53. The summed E-state index contributed by atoms with van der Waals surface area (Å²) in [6.45, 7) is 1.50. The molecule has 0 aromatic heterocycles. The number of hydrogen-bond donors (Lipinski definition) is 1. The van der Waals surface area contributed by atoms with Gasteiger partial charge in [0.1, 0.15) is 0 Å². The predicted molar refractivity (Wildman–Crippen MR) is 63.4 cm³/mol. The fourth-order valence-corrected chi connectivity index (χ4v) is 2.05. The van der Waals surface area contributed by atoms with Crippen molar-refractivity contribution in [2.24, 2.45) is 0 Å². The molecule has 0 saturated carbocycles. The molecule has 1 N–H and O–H groups in total. The van der Waals surface area contributed by atoms with Crippen LogP contribution in [0.1, 0.15) is 18.6 Å². The number of aliphatic hydroxyl groups excluding tert-OH is 1. The number of halogens is 1. The number of hydrogen-bond acceptors (Lipinski definition) is 3. The first kappa shape index (κ1) is 12.7. The molecular weight excluding hydrogens is 280 g/mol. The highest BCUT2D eigenvalue weighted by Crippen LogP contribution is 2.22. The van der Waals surface area contributed by atoms with Crippen LogP contribution in [0.15, 0.2) is 28.7 Å². The fraction of sp³-hybridized carbons (Fsp3) is 0.400. The Morgan fingerprint density at radius 3 is 2.13 bits per heavy atom. The van der Waals surface area contributed by atoms with Gasteiger partial charge in [-0.1, -0.05) is 28.1 Å². The van der Waals surface area contributed by atoms with Gasteiger partial charge in [0.05, 0.1) is 11.4 Å². The zero-order valence-corrected chi connectivity index (χ0v) is 10.9. The first-order chi connectivity index (χ1) is 6.82. The second kappa shape index (κ2) is 4.63. The maximum Gasteiger partial charge on any atom is 0.152 e. The average molecular weight is 293 g/mol. The van der Waals surface area contributed by atoms with Gasteiger partial charge >= 0.3 is 0 Å². The summed E-state index contributed by atoms with van der Waals surface area (Å²) in [5.41, 5.74) is 0.608. The summed E-state index contributed by atoms with van der Waals surface area (Å²) >= 11 is 3.27. The van der Waals surface area contributed by atoms with Crippen molar-refractivity contribution in [1.29, 1.82) is 0 Å². The van der Waals surface area contributed by atoms with Crippen LogP contribution >= 0.6 is 15.9 Å². The highest BCUT2D eigenvalue weighted by Gasteiger charge is 2.25. The van der Waals surface area contributed by atoms with E-state index in [1.165, 1.54) is 6.92 Å². The summed E-state index contributed by atoms with van der Waals surface area (Å²) in [5, 5.41) is 9.03. The molecule has 0 fully saturated rings. The lowest BCUT2D eigenvalue weighted by atomic mass is 10.1. The molecule has 0 bridgehead atoms. The van der Waals surface area contributed by atoms with Gasteiger partial charge in [0, 0.05) is 10.7 Å². The van der Waals surface area contributed by atoms with E-state index >= 15 is 0 Å². The SMILES string of the molecule is C[C@@H]([C@H](O)c1ccc(Br)cc1)S(C)(=O)=O. The van der Waals surface area contributed by atoms with Gasteiger partial charge in [-0.3, -0.25) is 0 Å². The normalized spacial score (nSPS) is 16.0. The number of sulfone groups is 1. The summed E-state index contributed by atoms with van der Waals surface area (Å²) in [6, 6.07) is 6.95. The molecule has 1 rings (SSSR count). The number of benzene rings is 1. The minimum Gasteiger partial charge on any atom is -0.387 e. The summed E-state index contributed by atoms with van der Waals surface area (Å²) in [7, 11) is -3.22. The Labute approximate surface area is 98.2 Å². The molecule has 0 heterocycles. The van der Waals surface area contributed by atoms with Gasteiger partial charge in [-0.25, -0.2) is 8.42 Å². The van der Waals surface area contributed by atoms with Gasteiger partial charge in [0.2, 0.25) is 0 Å². The Morgan fingerprint density at radius 2 is 1.73 bits per heavy atom. The Balaban J connectivity index is 2.95. The van der Waals surface area contributed by atoms with E-state index in [1.807, 2.05) is 0 Å². The lowest BCUT2D eigenvalue weighted by Crippen LogP contribution is -2.24. The lowest BCUT2D eigenvalue weighted by molar-refractivity contribution is 0.176. The molecule has 3 nitrogen and oxygen atoms in total. The molecule has 0 aliphatic heterocycles. The van der Waals surface area contributed by atoms with E-state index in [2.05, 4.69) is 15.9 Å². The van der Waals surface area contributed by atoms with Crippen LogP contribution in [0.5, 0.6) is 0 Å². The molecular formula is C10H13BrO3S. The van der Waals surface area contributed by atoms with Crippen molar-refractivity contribution >= 4 is 25.8 Å². The molecule has 0 aliphatic rings. The molecule has 1 aromatic carbocycles. The van der Waals surface area contributed by atoms with Gasteiger partial charge in [-0.15, -0.1) is 0 Å². The molecule has 15 heavy (non-hydrogen) atoms. The first-order valence-corrected chi connectivity index (χ1v) is 7.19. The summed E-state index contributed by atoms with van der Waals surface area (Å²) in [5.74, 6) is 0. The van der Waals surface area contributed by atoms with Crippen molar-refractivity contribution in [3.63, 3.8) is 0 Å². The van der Waals surface area contributed by atoms with Gasteiger partial charge in [0.15, 0.2) is 9.84 Å². The van der Waals surface area contributed by atoms with Gasteiger partial charge in [-0.05, 0) is 24.6 Å². The third-order valence-corrected chi connectivity index (χ3v) is 4.47. The van der Waals surface area contributed by atoms with E-state index in [9.17, 15) is 13.5 Å². The lowest BCUT2D eigenvalue weighted by Gasteiger charge is -2.17. The molecule has 0 aliphatic carbocycles. The quantitative estimate of drug-likeness (QED) is 0.926. The van der Waals surface area contributed by atoms with Crippen LogP contribution < -0.4 is 0 Å². The van der Waals surface area contributed by atoms with Gasteiger partial charge in [0.25, 0.3) is 0 Å². The minimum absolute atomic E-state index is 0.608. The van der Waals surface area contributed by atoms with Gasteiger partial charge < -0.3 is 5.11 Å². The summed E-state index contributed by atoms with van der Waals surface area (Å²) in [6.07, 6.45) is 0.146. The van der Waals surface area contributed by atoms with Crippen molar-refractivity contribution in [2.45, 2.75) is 18.3 Å². The van der Waals surface area contributed by atoms with E-state index < -0.39 is 21.2 Å². The maximum atomic E-state index is 11.2. The number of aliphatic hydroxyl groups is 1. The maximum absolute atomic E-state index is 11.2. The van der Waals surface area contributed by atoms with E-state index in [1.54, 1.807) is 24.3 Å². The Hall–Kier alpha value is -0.390. The molecule has 0 saturated heterocycles. The Kier molecular flexibility index (Phi) is 3.92. The van der Waals surface area contributed by atoms with E-state index in [0.717, 1.165) is 10.7 Å². The number of rotatable bonds is 3. The largest absolute Gasteiger partial charge is 0.387 e. The van der Waals surface area contributed by atoms with Crippen molar-refractivity contribution in [2.75, 3.05) is 6.26 Å². The third kappa shape index (κ3) is 3.29. The molecule has 0 amide bonds.